The summed E-state index contributed by atoms with van der Waals surface area (Å²) >= 11 is 0. The lowest BCUT2D eigenvalue weighted by Gasteiger charge is -2.03. The zero-order chi connectivity index (χ0) is 13.9. The second kappa shape index (κ2) is 5.00. The van der Waals surface area contributed by atoms with Gasteiger partial charge in [0.1, 0.15) is 0 Å². The molecule has 0 bridgehead atoms. The van der Waals surface area contributed by atoms with E-state index in [1.54, 1.807) is 6.20 Å². The van der Waals surface area contributed by atoms with Crippen LogP contribution in [0.5, 0.6) is 6.01 Å². The number of hydrogen-bond donors (Lipinski definition) is 1. The molecule has 0 radical (unpaired) electrons. The van der Waals surface area contributed by atoms with Gasteiger partial charge in [-0.3, -0.25) is 4.79 Å². The standard InChI is InChI=1S/C14H12N4O2/c1-20-14-15-7-11(8-16-14)17-13(19)10-6-12-4-2-3-5-18(12)9-10/h2-9H,1H3,(H,17,19). The smallest absolute Gasteiger partial charge is 0.316 e. The highest BCUT2D eigenvalue weighted by Crippen LogP contribution is 2.13. The highest BCUT2D eigenvalue weighted by atomic mass is 16.5. The van der Waals surface area contributed by atoms with E-state index in [4.69, 9.17) is 4.74 Å². The molecule has 0 spiro atoms. The number of aromatic nitrogens is 3. The second-order valence-electron chi connectivity index (χ2n) is 4.17. The molecule has 0 fully saturated rings. The van der Waals surface area contributed by atoms with Gasteiger partial charge in [-0.25, -0.2) is 9.97 Å². The van der Waals surface area contributed by atoms with Crippen molar-refractivity contribution in [1.29, 1.82) is 0 Å². The van der Waals surface area contributed by atoms with Gasteiger partial charge < -0.3 is 14.5 Å². The molecule has 20 heavy (non-hydrogen) atoms. The van der Waals surface area contributed by atoms with Gasteiger partial charge in [0.05, 0.1) is 30.8 Å². The normalized spacial score (nSPS) is 10.4. The number of pyridine rings is 1. The molecule has 0 saturated carbocycles. The highest BCUT2D eigenvalue weighted by molar-refractivity contribution is 6.04. The van der Waals surface area contributed by atoms with Crippen LogP contribution in [0.4, 0.5) is 5.69 Å². The maximum Gasteiger partial charge on any atom is 0.316 e. The number of nitrogens with zero attached hydrogens (tertiary/aromatic N) is 3. The van der Waals surface area contributed by atoms with Gasteiger partial charge in [-0.05, 0) is 18.2 Å². The fraction of sp³-hybridized carbons (Fsp3) is 0.0714. The molecule has 0 atom stereocenters. The molecule has 0 aliphatic heterocycles. The monoisotopic (exact) mass is 268 g/mol. The van der Waals surface area contributed by atoms with Crippen LogP contribution in [0.3, 0.4) is 0 Å². The van der Waals surface area contributed by atoms with Gasteiger partial charge in [-0.1, -0.05) is 6.07 Å². The Hall–Kier alpha value is -2.89. The number of carbonyl (C=O) groups is 1. The molecule has 0 aliphatic rings. The average Bonchev–Trinajstić information content (AvgIpc) is 2.92. The molecule has 3 heterocycles. The number of methoxy groups -OCH3 is 1. The minimum absolute atomic E-state index is 0.206. The van der Waals surface area contributed by atoms with Crippen LogP contribution in [0, 0.1) is 0 Å². The SMILES string of the molecule is COc1ncc(NC(=O)c2cc3ccccn3c2)cn1. The van der Waals surface area contributed by atoms with Crippen molar-refractivity contribution in [2.24, 2.45) is 0 Å². The van der Waals surface area contributed by atoms with Crippen LogP contribution >= 0.6 is 0 Å². The molecular formula is C14H12N4O2. The topological polar surface area (TPSA) is 68.5 Å². The lowest BCUT2D eigenvalue weighted by atomic mass is 10.3. The Morgan fingerprint density at radius 1 is 1.30 bits per heavy atom. The van der Waals surface area contributed by atoms with Crippen LogP contribution < -0.4 is 10.1 Å². The molecule has 3 rings (SSSR count). The Balaban J connectivity index is 1.81. The van der Waals surface area contributed by atoms with E-state index < -0.39 is 0 Å². The summed E-state index contributed by atoms with van der Waals surface area (Å²) in [5.41, 5.74) is 2.06. The number of carbonyl (C=O) groups excluding carboxylic acids is 1. The average molecular weight is 268 g/mol. The lowest BCUT2D eigenvalue weighted by Crippen LogP contribution is -2.11. The molecule has 0 unspecified atom stereocenters. The van der Waals surface area contributed by atoms with Gasteiger partial charge >= 0.3 is 6.01 Å². The van der Waals surface area contributed by atoms with E-state index in [1.165, 1.54) is 19.5 Å². The van der Waals surface area contributed by atoms with Crippen LogP contribution in [0.2, 0.25) is 0 Å². The Morgan fingerprint density at radius 3 is 2.80 bits per heavy atom. The van der Waals surface area contributed by atoms with Crippen molar-refractivity contribution in [1.82, 2.24) is 14.4 Å². The number of rotatable bonds is 3. The third-order valence-electron chi connectivity index (χ3n) is 2.84. The highest BCUT2D eigenvalue weighted by Gasteiger charge is 2.09. The third-order valence-corrected chi connectivity index (χ3v) is 2.84. The molecule has 0 aliphatic carbocycles. The van der Waals surface area contributed by atoms with Crippen LogP contribution in [-0.2, 0) is 0 Å². The number of amides is 1. The van der Waals surface area contributed by atoms with Crippen LogP contribution in [0.25, 0.3) is 5.52 Å². The quantitative estimate of drug-likeness (QED) is 0.788. The fourth-order valence-corrected chi connectivity index (χ4v) is 1.87. The van der Waals surface area contributed by atoms with Crippen molar-refractivity contribution in [2.45, 2.75) is 0 Å². The van der Waals surface area contributed by atoms with Gasteiger partial charge in [-0.2, -0.15) is 0 Å². The van der Waals surface area contributed by atoms with E-state index in [1.807, 2.05) is 34.9 Å². The summed E-state index contributed by atoms with van der Waals surface area (Å²) in [6.45, 7) is 0. The van der Waals surface area contributed by atoms with Crippen LogP contribution in [0.1, 0.15) is 10.4 Å². The van der Waals surface area contributed by atoms with E-state index >= 15 is 0 Å². The van der Waals surface area contributed by atoms with Crippen molar-refractivity contribution in [3.8, 4) is 6.01 Å². The van der Waals surface area contributed by atoms with Crippen molar-refractivity contribution in [3.05, 3.63) is 54.6 Å². The molecule has 1 amide bonds. The molecule has 0 saturated heterocycles. The van der Waals surface area contributed by atoms with Gasteiger partial charge in [0.25, 0.3) is 5.91 Å². The van der Waals surface area contributed by atoms with Gasteiger partial charge in [0.2, 0.25) is 0 Å². The first kappa shape index (κ1) is 12.2. The summed E-state index contributed by atoms with van der Waals surface area (Å²) in [5, 5.41) is 2.74. The Kier molecular flexibility index (Phi) is 3.04. The Bertz CT molecular complexity index is 716. The molecule has 6 nitrogen and oxygen atoms in total. The van der Waals surface area contributed by atoms with Gasteiger partial charge in [0, 0.05) is 17.9 Å². The van der Waals surface area contributed by atoms with Crippen molar-refractivity contribution in [3.63, 3.8) is 0 Å². The minimum atomic E-state index is -0.206. The summed E-state index contributed by atoms with van der Waals surface area (Å²) in [5.74, 6) is -0.206. The molecular weight excluding hydrogens is 256 g/mol. The first-order valence-electron chi connectivity index (χ1n) is 6.00. The first-order chi connectivity index (χ1) is 9.76. The summed E-state index contributed by atoms with van der Waals surface area (Å²) in [7, 11) is 1.49. The molecule has 3 aromatic heterocycles. The molecule has 6 heteroatoms. The van der Waals surface area contributed by atoms with E-state index in [-0.39, 0.29) is 11.9 Å². The summed E-state index contributed by atoms with van der Waals surface area (Å²) in [6.07, 6.45) is 6.66. The van der Waals surface area contributed by atoms with Crippen molar-refractivity contribution >= 4 is 17.1 Å². The zero-order valence-electron chi connectivity index (χ0n) is 10.8. The summed E-state index contributed by atoms with van der Waals surface area (Å²) < 4.78 is 6.75. The number of anilines is 1. The first-order valence-corrected chi connectivity index (χ1v) is 6.00. The number of nitrogens with one attached hydrogen (secondary N) is 1. The fourth-order valence-electron chi connectivity index (χ4n) is 1.87. The minimum Gasteiger partial charge on any atom is -0.467 e. The van der Waals surface area contributed by atoms with Gasteiger partial charge in [0.15, 0.2) is 0 Å². The number of fused-ring (bicyclic) bond motifs is 1. The zero-order valence-corrected chi connectivity index (χ0v) is 10.8. The summed E-state index contributed by atoms with van der Waals surface area (Å²) in [4.78, 5) is 20.0. The Labute approximate surface area is 115 Å². The van der Waals surface area contributed by atoms with Crippen LogP contribution in [0.15, 0.2) is 49.1 Å². The molecule has 100 valence electrons. The Morgan fingerprint density at radius 2 is 2.10 bits per heavy atom. The molecule has 3 aromatic rings. The predicted molar refractivity (Wildman–Crippen MR) is 73.9 cm³/mol. The molecule has 0 aromatic carbocycles. The predicted octanol–water partition coefficient (Wildman–Crippen LogP) is 1.99. The van der Waals surface area contributed by atoms with Gasteiger partial charge in [-0.15, -0.1) is 0 Å². The lowest BCUT2D eigenvalue weighted by molar-refractivity contribution is 0.102. The van der Waals surface area contributed by atoms with Crippen molar-refractivity contribution in [2.75, 3.05) is 12.4 Å². The summed E-state index contributed by atoms with van der Waals surface area (Å²) in [6, 6.07) is 7.85. The van der Waals surface area contributed by atoms with E-state index in [0.717, 1.165) is 5.52 Å². The molecule has 1 N–H and O–H groups in total. The second-order valence-corrected chi connectivity index (χ2v) is 4.17. The van der Waals surface area contributed by atoms with E-state index in [9.17, 15) is 4.79 Å². The number of ether oxygens (including phenoxy) is 1. The number of hydrogen-bond acceptors (Lipinski definition) is 4. The van der Waals surface area contributed by atoms with E-state index in [0.29, 0.717) is 11.3 Å². The van der Waals surface area contributed by atoms with Crippen molar-refractivity contribution < 1.29 is 9.53 Å². The van der Waals surface area contributed by atoms with Crippen LogP contribution in [-0.4, -0.2) is 27.4 Å². The maximum atomic E-state index is 12.1. The maximum absolute atomic E-state index is 12.1. The van der Waals surface area contributed by atoms with E-state index in [2.05, 4.69) is 15.3 Å². The largest absolute Gasteiger partial charge is 0.467 e. The third kappa shape index (κ3) is 2.31.